The highest BCUT2D eigenvalue weighted by Gasteiger charge is 2.37. The van der Waals surface area contributed by atoms with Crippen LogP contribution in [0.1, 0.15) is 19.4 Å². The first kappa shape index (κ1) is 22.7. The summed E-state index contributed by atoms with van der Waals surface area (Å²) in [5.74, 6) is 0.460. The van der Waals surface area contributed by atoms with Gasteiger partial charge in [-0.1, -0.05) is 19.1 Å². The number of hydrogen-bond donors (Lipinski definition) is 1. The van der Waals surface area contributed by atoms with Crippen molar-refractivity contribution in [3.8, 4) is 0 Å². The predicted molar refractivity (Wildman–Crippen MR) is 115 cm³/mol. The number of hydrogen-bond acceptors (Lipinski definition) is 6. The highest BCUT2D eigenvalue weighted by atomic mass is 32.2. The minimum absolute atomic E-state index is 0.0245. The number of methoxy groups -OCH3 is 1. The molecule has 2 aliphatic rings. The van der Waals surface area contributed by atoms with Gasteiger partial charge in [-0.3, -0.25) is 0 Å². The number of thioether (sulfide) groups is 1. The maximum absolute atomic E-state index is 13.9. The second kappa shape index (κ2) is 10.3. The molecule has 2 atom stereocenters. The van der Waals surface area contributed by atoms with Crippen molar-refractivity contribution in [3.05, 3.63) is 58.7 Å². The number of benzene rings is 1. The molecule has 0 radical (unpaired) electrons. The minimum Gasteiger partial charge on any atom is -0.478 e. The van der Waals surface area contributed by atoms with Crippen molar-refractivity contribution in [1.82, 2.24) is 9.80 Å². The van der Waals surface area contributed by atoms with Gasteiger partial charge < -0.3 is 24.4 Å². The van der Waals surface area contributed by atoms with Gasteiger partial charge in [0.05, 0.1) is 31.4 Å². The van der Waals surface area contributed by atoms with E-state index in [1.54, 1.807) is 24.9 Å². The van der Waals surface area contributed by atoms with Crippen molar-refractivity contribution >= 4 is 17.7 Å². The van der Waals surface area contributed by atoms with Crippen LogP contribution in [0.2, 0.25) is 0 Å². The molecule has 3 rings (SSSR count). The molecular formula is C22H29FN2O4S. The number of allylic oxidation sites excluding steroid dienone is 2. The van der Waals surface area contributed by atoms with E-state index in [4.69, 9.17) is 9.47 Å². The Labute approximate surface area is 181 Å². The number of rotatable bonds is 8. The maximum Gasteiger partial charge on any atom is 0.334 e. The molecule has 1 unspecified atom stereocenters. The van der Waals surface area contributed by atoms with Crippen molar-refractivity contribution in [2.75, 3.05) is 39.2 Å². The van der Waals surface area contributed by atoms with E-state index in [0.29, 0.717) is 38.5 Å². The van der Waals surface area contributed by atoms with Crippen LogP contribution >= 0.6 is 11.8 Å². The van der Waals surface area contributed by atoms with Crippen molar-refractivity contribution in [2.45, 2.75) is 31.8 Å². The van der Waals surface area contributed by atoms with Gasteiger partial charge in [0.1, 0.15) is 17.0 Å². The summed E-state index contributed by atoms with van der Waals surface area (Å²) in [5.41, 5.74) is 1.91. The summed E-state index contributed by atoms with van der Waals surface area (Å²) in [6, 6.07) is 6.49. The highest BCUT2D eigenvalue weighted by Crippen LogP contribution is 2.37. The lowest BCUT2D eigenvalue weighted by atomic mass is 10.0. The molecule has 0 saturated carbocycles. The smallest absolute Gasteiger partial charge is 0.334 e. The highest BCUT2D eigenvalue weighted by molar-refractivity contribution is 8.00. The second-order valence-corrected chi connectivity index (χ2v) is 8.70. The molecule has 1 fully saturated rings. The molecule has 1 aromatic rings. The van der Waals surface area contributed by atoms with Gasteiger partial charge in [0.15, 0.2) is 0 Å². The zero-order valence-corrected chi connectivity index (χ0v) is 18.5. The van der Waals surface area contributed by atoms with Crippen LogP contribution in [0.25, 0.3) is 0 Å². The number of aliphatic carboxylic acids is 1. The molecule has 2 aliphatic heterocycles. The van der Waals surface area contributed by atoms with Crippen LogP contribution in [0, 0.1) is 5.82 Å². The third-order valence-electron chi connectivity index (χ3n) is 5.27. The number of halogens is 1. The van der Waals surface area contributed by atoms with E-state index in [0.717, 1.165) is 22.7 Å². The molecule has 6 nitrogen and oxygen atoms in total. The molecule has 1 saturated heterocycles. The lowest BCUT2D eigenvalue weighted by Gasteiger charge is -2.47. The molecule has 1 aromatic carbocycles. The number of ether oxygens (including phenoxy) is 2. The minimum atomic E-state index is -0.923. The topological polar surface area (TPSA) is 62.2 Å². The number of nitrogens with zero attached hydrogens (tertiary/aromatic N) is 2. The largest absolute Gasteiger partial charge is 0.478 e. The van der Waals surface area contributed by atoms with E-state index in [9.17, 15) is 14.3 Å². The zero-order valence-electron chi connectivity index (χ0n) is 17.6. The normalized spacial score (nSPS) is 22.3. The van der Waals surface area contributed by atoms with Crippen LogP contribution in [0.5, 0.6) is 0 Å². The SMILES string of the molecule is CCSC1C(C(=O)O)=C(C)C=C(N2CCOC[C@H]2COC)N1Cc1cccc(F)c1. The Balaban J connectivity index is 2.06. The molecule has 2 heterocycles. The fourth-order valence-electron chi connectivity index (χ4n) is 3.96. The fourth-order valence-corrected chi connectivity index (χ4v) is 5.09. The van der Waals surface area contributed by atoms with E-state index in [1.807, 2.05) is 26.0 Å². The Hall–Kier alpha value is -2.03. The molecule has 30 heavy (non-hydrogen) atoms. The molecule has 1 N–H and O–H groups in total. The first-order valence-electron chi connectivity index (χ1n) is 10.1. The summed E-state index contributed by atoms with van der Waals surface area (Å²) in [6.45, 7) is 6.58. The summed E-state index contributed by atoms with van der Waals surface area (Å²) < 4.78 is 24.9. The zero-order chi connectivity index (χ0) is 21.7. The number of carboxylic acids is 1. The van der Waals surface area contributed by atoms with Crippen molar-refractivity contribution < 1.29 is 23.8 Å². The molecule has 164 valence electrons. The number of morpholine rings is 1. The molecule has 0 bridgehead atoms. The lowest BCUT2D eigenvalue weighted by molar-refractivity contribution is -0.133. The molecule has 0 aliphatic carbocycles. The van der Waals surface area contributed by atoms with E-state index in [1.165, 1.54) is 12.1 Å². The van der Waals surface area contributed by atoms with Gasteiger partial charge in [0.2, 0.25) is 0 Å². The Morgan fingerprint density at radius 1 is 1.43 bits per heavy atom. The van der Waals surface area contributed by atoms with Crippen LogP contribution in [-0.4, -0.2) is 71.5 Å². The Morgan fingerprint density at radius 3 is 2.90 bits per heavy atom. The predicted octanol–water partition coefficient (Wildman–Crippen LogP) is 3.31. The van der Waals surface area contributed by atoms with Gasteiger partial charge in [-0.2, -0.15) is 0 Å². The van der Waals surface area contributed by atoms with Crippen LogP contribution in [0.4, 0.5) is 4.39 Å². The first-order valence-corrected chi connectivity index (χ1v) is 11.1. The van der Waals surface area contributed by atoms with Crippen molar-refractivity contribution in [3.63, 3.8) is 0 Å². The molecule has 8 heteroatoms. The van der Waals surface area contributed by atoms with Crippen LogP contribution in [-0.2, 0) is 20.8 Å². The van der Waals surface area contributed by atoms with E-state index in [-0.39, 0.29) is 17.2 Å². The van der Waals surface area contributed by atoms with Crippen LogP contribution < -0.4 is 0 Å². The summed E-state index contributed by atoms with van der Waals surface area (Å²) in [6.07, 6.45) is 1.93. The van der Waals surface area contributed by atoms with Gasteiger partial charge in [-0.25, -0.2) is 9.18 Å². The quantitative estimate of drug-likeness (QED) is 0.671. The third kappa shape index (κ3) is 4.99. The third-order valence-corrected chi connectivity index (χ3v) is 6.41. The van der Waals surface area contributed by atoms with E-state index < -0.39 is 5.97 Å². The van der Waals surface area contributed by atoms with Gasteiger partial charge in [0, 0.05) is 20.2 Å². The molecule has 0 amide bonds. The van der Waals surface area contributed by atoms with Gasteiger partial charge in [-0.15, -0.1) is 11.8 Å². The monoisotopic (exact) mass is 436 g/mol. The van der Waals surface area contributed by atoms with E-state index in [2.05, 4.69) is 9.80 Å². The standard InChI is InChI=1S/C22H29FN2O4S/c1-4-30-21-20(22(26)27)15(2)10-19(24-8-9-29-14-18(24)13-28-3)25(21)12-16-6-5-7-17(23)11-16/h5-7,10-11,18,21H,4,8-9,12-14H2,1-3H3,(H,26,27)/t18-,21?/m1/s1. The average molecular weight is 437 g/mol. The van der Waals surface area contributed by atoms with Crippen LogP contribution in [0.15, 0.2) is 47.3 Å². The van der Waals surface area contributed by atoms with Gasteiger partial charge >= 0.3 is 5.97 Å². The summed E-state index contributed by atoms with van der Waals surface area (Å²) in [5, 5.41) is 9.55. The number of carbonyl (C=O) groups is 1. The molecule has 0 spiro atoms. The first-order chi connectivity index (χ1) is 14.5. The van der Waals surface area contributed by atoms with Gasteiger partial charge in [-0.05, 0) is 42.0 Å². The second-order valence-electron chi connectivity index (χ2n) is 7.35. The lowest BCUT2D eigenvalue weighted by Crippen LogP contribution is -2.53. The molecular weight excluding hydrogens is 407 g/mol. The van der Waals surface area contributed by atoms with E-state index >= 15 is 0 Å². The fraction of sp³-hybridized carbons (Fsp3) is 0.500. The molecule has 0 aromatic heterocycles. The maximum atomic E-state index is 13.9. The van der Waals surface area contributed by atoms with Crippen LogP contribution in [0.3, 0.4) is 0 Å². The Bertz CT molecular complexity index is 827. The Kier molecular flexibility index (Phi) is 7.80. The Morgan fingerprint density at radius 2 is 2.23 bits per heavy atom. The summed E-state index contributed by atoms with van der Waals surface area (Å²) >= 11 is 1.57. The van der Waals surface area contributed by atoms with Crippen molar-refractivity contribution in [1.29, 1.82) is 0 Å². The average Bonchev–Trinajstić information content (AvgIpc) is 2.70. The number of carboxylic acid groups (broad SMARTS) is 1. The van der Waals surface area contributed by atoms with Crippen molar-refractivity contribution in [2.24, 2.45) is 0 Å². The summed E-state index contributed by atoms with van der Waals surface area (Å²) in [7, 11) is 1.66. The summed E-state index contributed by atoms with van der Waals surface area (Å²) in [4.78, 5) is 16.4. The van der Waals surface area contributed by atoms with Gasteiger partial charge in [0.25, 0.3) is 0 Å².